The summed E-state index contributed by atoms with van der Waals surface area (Å²) in [6.07, 6.45) is 3.16. The number of hydrogen-bond donors (Lipinski definition) is 2. The van der Waals surface area contributed by atoms with E-state index in [4.69, 9.17) is 5.73 Å². The lowest BCUT2D eigenvalue weighted by atomic mass is 9.71. The minimum atomic E-state index is -3.68. The Balaban J connectivity index is 2.22. The predicted molar refractivity (Wildman–Crippen MR) is 75.7 cm³/mol. The van der Waals surface area contributed by atoms with E-state index in [0.29, 0.717) is 6.54 Å². The second-order valence-electron chi connectivity index (χ2n) is 5.29. The van der Waals surface area contributed by atoms with E-state index in [1.165, 1.54) is 0 Å². The smallest absolute Gasteiger partial charge is 0.241 e. The van der Waals surface area contributed by atoms with Crippen LogP contribution in [0, 0.1) is 11.2 Å². The highest BCUT2D eigenvalue weighted by Gasteiger charge is 2.33. The molecule has 106 valence electrons. The Labute approximate surface area is 120 Å². The number of nitrogen functional groups attached to an aromatic ring is 1. The zero-order valence-electron chi connectivity index (χ0n) is 10.5. The van der Waals surface area contributed by atoms with Crippen LogP contribution in [0.4, 0.5) is 10.1 Å². The number of nitrogens with two attached hydrogens (primary N) is 1. The maximum atomic E-state index is 13.2. The Morgan fingerprint density at radius 2 is 2.11 bits per heavy atom. The minimum Gasteiger partial charge on any atom is -0.396 e. The summed E-state index contributed by atoms with van der Waals surface area (Å²) in [5, 5.41) is 0. The summed E-state index contributed by atoms with van der Waals surface area (Å²) in [5.41, 5.74) is 5.27. The van der Waals surface area contributed by atoms with E-state index in [1.807, 2.05) is 6.92 Å². The molecule has 3 N–H and O–H groups in total. The fraction of sp³-hybridized carbons (Fsp3) is 0.500. The third-order valence-electron chi connectivity index (χ3n) is 3.59. The third kappa shape index (κ3) is 3.09. The van der Waals surface area contributed by atoms with Crippen molar-refractivity contribution in [1.29, 1.82) is 0 Å². The number of rotatable bonds is 4. The van der Waals surface area contributed by atoms with Gasteiger partial charge in [-0.3, -0.25) is 0 Å². The fourth-order valence-electron chi connectivity index (χ4n) is 2.05. The molecule has 1 aromatic carbocycles. The van der Waals surface area contributed by atoms with Crippen molar-refractivity contribution < 1.29 is 12.8 Å². The van der Waals surface area contributed by atoms with Gasteiger partial charge in [0.15, 0.2) is 0 Å². The highest BCUT2D eigenvalue weighted by molar-refractivity contribution is 9.10. The first-order chi connectivity index (χ1) is 8.73. The van der Waals surface area contributed by atoms with Crippen LogP contribution in [0.5, 0.6) is 0 Å². The molecule has 0 saturated heterocycles. The van der Waals surface area contributed by atoms with Gasteiger partial charge in [0.05, 0.1) is 10.6 Å². The van der Waals surface area contributed by atoms with Crippen LogP contribution in [-0.2, 0) is 10.0 Å². The standard InChI is InChI=1S/C12H16BrFN2O2S/c1-12(3-2-4-12)7-16-19(17,18)11-6-10(15)9(14)5-8(11)13/h5-6,16H,2-4,7,15H2,1H3. The van der Waals surface area contributed by atoms with E-state index < -0.39 is 15.8 Å². The average molecular weight is 351 g/mol. The SMILES string of the molecule is CC1(CNS(=O)(=O)c2cc(N)c(F)cc2Br)CCC1. The van der Waals surface area contributed by atoms with Crippen LogP contribution in [-0.4, -0.2) is 15.0 Å². The monoisotopic (exact) mass is 350 g/mol. The lowest BCUT2D eigenvalue weighted by molar-refractivity contribution is 0.166. The Morgan fingerprint density at radius 1 is 1.47 bits per heavy atom. The quantitative estimate of drug-likeness (QED) is 0.820. The first-order valence-electron chi connectivity index (χ1n) is 5.98. The molecular weight excluding hydrogens is 335 g/mol. The lowest BCUT2D eigenvalue weighted by Gasteiger charge is -2.38. The van der Waals surface area contributed by atoms with Crippen LogP contribution in [0.15, 0.2) is 21.5 Å². The van der Waals surface area contributed by atoms with Gasteiger partial charge in [-0.05, 0) is 46.3 Å². The second-order valence-corrected chi connectivity index (χ2v) is 7.88. The molecule has 0 heterocycles. The molecule has 7 heteroatoms. The van der Waals surface area contributed by atoms with Crippen molar-refractivity contribution in [2.45, 2.75) is 31.1 Å². The summed E-state index contributed by atoms with van der Waals surface area (Å²) in [5.74, 6) is -0.642. The Bertz CT molecular complexity index is 600. The van der Waals surface area contributed by atoms with E-state index in [1.54, 1.807) is 0 Å². The lowest BCUT2D eigenvalue weighted by Crippen LogP contribution is -2.40. The molecule has 1 saturated carbocycles. The molecule has 0 unspecified atom stereocenters. The van der Waals surface area contributed by atoms with Crippen LogP contribution in [0.25, 0.3) is 0 Å². The normalized spacial score (nSPS) is 18.1. The van der Waals surface area contributed by atoms with E-state index in [9.17, 15) is 12.8 Å². The zero-order valence-corrected chi connectivity index (χ0v) is 12.9. The van der Waals surface area contributed by atoms with E-state index in [-0.39, 0.29) is 20.5 Å². The van der Waals surface area contributed by atoms with Crippen molar-refractivity contribution in [3.8, 4) is 0 Å². The molecule has 0 atom stereocenters. The van der Waals surface area contributed by atoms with Gasteiger partial charge in [-0.2, -0.15) is 0 Å². The fourth-order valence-corrected chi connectivity index (χ4v) is 4.30. The summed E-state index contributed by atoms with van der Waals surface area (Å²) < 4.78 is 40.3. The minimum absolute atomic E-state index is 0.0329. The van der Waals surface area contributed by atoms with E-state index in [0.717, 1.165) is 31.4 Å². The molecule has 2 rings (SSSR count). The summed E-state index contributed by atoms with van der Waals surface area (Å²) >= 11 is 3.05. The van der Waals surface area contributed by atoms with Gasteiger partial charge in [0.2, 0.25) is 10.0 Å². The molecule has 0 spiro atoms. The largest absolute Gasteiger partial charge is 0.396 e. The third-order valence-corrected chi connectivity index (χ3v) is 5.95. The van der Waals surface area contributed by atoms with Gasteiger partial charge in [-0.15, -0.1) is 0 Å². The van der Waals surface area contributed by atoms with Crippen molar-refractivity contribution >= 4 is 31.6 Å². The van der Waals surface area contributed by atoms with E-state index >= 15 is 0 Å². The van der Waals surface area contributed by atoms with Gasteiger partial charge in [-0.1, -0.05) is 13.3 Å². The topological polar surface area (TPSA) is 72.2 Å². The van der Waals surface area contributed by atoms with E-state index in [2.05, 4.69) is 20.7 Å². The first-order valence-corrected chi connectivity index (χ1v) is 8.25. The van der Waals surface area contributed by atoms with Crippen LogP contribution < -0.4 is 10.5 Å². The van der Waals surface area contributed by atoms with Gasteiger partial charge >= 0.3 is 0 Å². The zero-order chi connectivity index (χ0) is 14.3. The number of nitrogens with one attached hydrogen (secondary N) is 1. The molecule has 0 amide bonds. The van der Waals surface area contributed by atoms with Crippen LogP contribution in [0.1, 0.15) is 26.2 Å². The van der Waals surface area contributed by atoms with Gasteiger partial charge in [0.1, 0.15) is 5.82 Å². The number of sulfonamides is 1. The molecule has 1 fully saturated rings. The van der Waals surface area contributed by atoms with Crippen molar-refractivity contribution in [3.05, 3.63) is 22.4 Å². The van der Waals surface area contributed by atoms with Crippen molar-refractivity contribution in [3.63, 3.8) is 0 Å². The molecule has 1 aliphatic carbocycles. The molecule has 0 aliphatic heterocycles. The maximum Gasteiger partial charge on any atom is 0.241 e. The molecule has 19 heavy (non-hydrogen) atoms. The Kier molecular flexibility index (Phi) is 3.90. The van der Waals surface area contributed by atoms with Crippen LogP contribution in [0.2, 0.25) is 0 Å². The van der Waals surface area contributed by atoms with Crippen molar-refractivity contribution in [1.82, 2.24) is 4.72 Å². The second kappa shape index (κ2) is 5.03. The summed E-state index contributed by atoms with van der Waals surface area (Å²) in [6.45, 7) is 2.44. The summed E-state index contributed by atoms with van der Waals surface area (Å²) in [7, 11) is -3.68. The molecular formula is C12H16BrFN2O2S. The van der Waals surface area contributed by atoms with Gasteiger partial charge < -0.3 is 5.73 Å². The van der Waals surface area contributed by atoms with Crippen molar-refractivity contribution in [2.75, 3.05) is 12.3 Å². The Morgan fingerprint density at radius 3 is 2.63 bits per heavy atom. The Hall–Kier alpha value is -0.660. The molecule has 0 bridgehead atoms. The summed E-state index contributed by atoms with van der Waals surface area (Å²) in [6, 6.07) is 2.19. The van der Waals surface area contributed by atoms with Gasteiger partial charge in [0, 0.05) is 11.0 Å². The maximum absolute atomic E-state index is 13.2. The summed E-state index contributed by atoms with van der Waals surface area (Å²) in [4.78, 5) is -0.0330. The first kappa shape index (κ1) is 14.7. The predicted octanol–water partition coefficient (Wildman–Crippen LogP) is 2.64. The van der Waals surface area contributed by atoms with Gasteiger partial charge in [0.25, 0.3) is 0 Å². The highest BCUT2D eigenvalue weighted by Crippen LogP contribution is 2.39. The number of hydrogen-bond acceptors (Lipinski definition) is 3. The van der Waals surface area contributed by atoms with Crippen LogP contribution in [0.3, 0.4) is 0 Å². The highest BCUT2D eigenvalue weighted by atomic mass is 79.9. The molecule has 1 aliphatic rings. The number of anilines is 1. The average Bonchev–Trinajstić information content (AvgIpc) is 2.28. The molecule has 4 nitrogen and oxygen atoms in total. The number of halogens is 2. The number of benzene rings is 1. The van der Waals surface area contributed by atoms with Gasteiger partial charge in [-0.25, -0.2) is 17.5 Å². The van der Waals surface area contributed by atoms with Crippen LogP contribution >= 0.6 is 15.9 Å². The molecule has 0 aromatic heterocycles. The van der Waals surface area contributed by atoms with Crippen molar-refractivity contribution in [2.24, 2.45) is 5.41 Å². The molecule has 0 radical (unpaired) electrons. The molecule has 1 aromatic rings.